The van der Waals surface area contributed by atoms with E-state index in [1.165, 1.54) is 4.90 Å². The molecule has 1 aliphatic rings. The highest BCUT2D eigenvalue weighted by molar-refractivity contribution is 7.92. The molecule has 42 heavy (non-hydrogen) atoms. The number of sulfonamides is 1. The van der Waals surface area contributed by atoms with E-state index in [1.807, 2.05) is 0 Å². The van der Waals surface area contributed by atoms with Gasteiger partial charge in [-0.2, -0.15) is 0 Å². The number of anilines is 1. The molecule has 1 aliphatic carbocycles. The standard InChI is InChI=1S/C31H34Cl2FN3O4S/c1-2-29(31(39)35-25-9-5-3-6-10-25)36(20-22-13-14-23(32)19-28(22)33)30(38)21-37(26-11-7-4-8-12-26)42(40,41)27-17-15-24(34)16-18-27/h4,7-8,11-19,25,29H,2-3,5-6,9-10,20-21H2,1H3,(H,35,39)/t29-/m1/s1. The lowest BCUT2D eigenvalue weighted by Crippen LogP contribution is -2.54. The summed E-state index contributed by atoms with van der Waals surface area (Å²) in [7, 11) is -4.29. The van der Waals surface area contributed by atoms with Crippen molar-refractivity contribution in [1.29, 1.82) is 0 Å². The second kappa shape index (κ2) is 14.4. The van der Waals surface area contributed by atoms with E-state index in [0.29, 0.717) is 22.0 Å². The van der Waals surface area contributed by atoms with E-state index in [0.717, 1.165) is 60.7 Å². The van der Waals surface area contributed by atoms with Crippen molar-refractivity contribution in [2.75, 3.05) is 10.8 Å². The summed E-state index contributed by atoms with van der Waals surface area (Å²) >= 11 is 12.6. The Morgan fingerprint density at radius 1 is 0.976 bits per heavy atom. The number of halogens is 3. The van der Waals surface area contributed by atoms with E-state index in [4.69, 9.17) is 23.2 Å². The highest BCUT2D eigenvalue weighted by Crippen LogP contribution is 2.27. The molecule has 3 aromatic carbocycles. The molecule has 0 aromatic heterocycles. The first-order valence-corrected chi connectivity index (χ1v) is 16.2. The Labute approximate surface area is 256 Å². The van der Waals surface area contributed by atoms with Gasteiger partial charge in [0.25, 0.3) is 10.0 Å². The molecule has 0 radical (unpaired) electrons. The second-order valence-electron chi connectivity index (χ2n) is 10.3. The Morgan fingerprint density at radius 2 is 1.64 bits per heavy atom. The maximum atomic E-state index is 14.1. The predicted molar refractivity (Wildman–Crippen MR) is 163 cm³/mol. The average molecular weight is 635 g/mol. The summed E-state index contributed by atoms with van der Waals surface area (Å²) in [4.78, 5) is 29.0. The van der Waals surface area contributed by atoms with Gasteiger partial charge in [0.1, 0.15) is 18.4 Å². The molecule has 224 valence electrons. The van der Waals surface area contributed by atoms with Crippen LogP contribution >= 0.6 is 23.2 Å². The van der Waals surface area contributed by atoms with E-state index in [-0.39, 0.29) is 29.1 Å². The fourth-order valence-electron chi connectivity index (χ4n) is 5.15. The van der Waals surface area contributed by atoms with E-state index < -0.39 is 34.3 Å². The lowest BCUT2D eigenvalue weighted by atomic mass is 9.95. The van der Waals surface area contributed by atoms with Gasteiger partial charge >= 0.3 is 0 Å². The largest absolute Gasteiger partial charge is 0.352 e. The minimum Gasteiger partial charge on any atom is -0.352 e. The van der Waals surface area contributed by atoms with Gasteiger partial charge in [0.15, 0.2) is 0 Å². The van der Waals surface area contributed by atoms with Crippen LogP contribution in [0.15, 0.2) is 77.7 Å². The van der Waals surface area contributed by atoms with Crippen LogP contribution in [0.3, 0.4) is 0 Å². The predicted octanol–water partition coefficient (Wildman–Crippen LogP) is 6.58. The van der Waals surface area contributed by atoms with Gasteiger partial charge < -0.3 is 10.2 Å². The molecule has 0 spiro atoms. The molecular weight excluding hydrogens is 600 g/mol. The van der Waals surface area contributed by atoms with Gasteiger partial charge in [0.05, 0.1) is 10.6 Å². The monoisotopic (exact) mass is 633 g/mol. The molecule has 2 amide bonds. The summed E-state index contributed by atoms with van der Waals surface area (Å²) < 4.78 is 42.2. The summed E-state index contributed by atoms with van der Waals surface area (Å²) in [5.41, 5.74) is 0.811. The number of hydrogen-bond acceptors (Lipinski definition) is 4. The highest BCUT2D eigenvalue weighted by atomic mass is 35.5. The van der Waals surface area contributed by atoms with E-state index >= 15 is 0 Å². The maximum absolute atomic E-state index is 14.1. The maximum Gasteiger partial charge on any atom is 0.264 e. The summed E-state index contributed by atoms with van der Waals surface area (Å²) in [5.74, 6) is -1.48. The van der Waals surface area contributed by atoms with Crippen molar-refractivity contribution in [3.63, 3.8) is 0 Å². The van der Waals surface area contributed by atoms with Crippen LogP contribution in [-0.4, -0.2) is 43.8 Å². The summed E-state index contributed by atoms with van der Waals surface area (Å²) in [5, 5.41) is 3.85. The Bertz CT molecular complexity index is 1480. The molecule has 4 rings (SSSR count). The fourth-order valence-corrected chi connectivity index (χ4v) is 7.04. The van der Waals surface area contributed by atoms with Crippen LogP contribution in [0.1, 0.15) is 51.0 Å². The van der Waals surface area contributed by atoms with Crippen LogP contribution in [0, 0.1) is 5.82 Å². The van der Waals surface area contributed by atoms with Gasteiger partial charge in [-0.15, -0.1) is 0 Å². The number of hydrogen-bond donors (Lipinski definition) is 1. The molecule has 1 fully saturated rings. The lowest BCUT2D eigenvalue weighted by molar-refractivity contribution is -0.140. The van der Waals surface area contributed by atoms with Crippen molar-refractivity contribution >= 4 is 50.7 Å². The Balaban J connectivity index is 1.70. The number of para-hydroxylation sites is 1. The number of nitrogens with zero attached hydrogens (tertiary/aromatic N) is 2. The fraction of sp³-hybridized carbons (Fsp3) is 0.355. The summed E-state index contributed by atoms with van der Waals surface area (Å²) in [6.45, 7) is 1.17. The first-order chi connectivity index (χ1) is 20.1. The lowest BCUT2D eigenvalue weighted by Gasteiger charge is -2.34. The number of benzene rings is 3. The van der Waals surface area contributed by atoms with Gasteiger partial charge in [-0.3, -0.25) is 13.9 Å². The van der Waals surface area contributed by atoms with E-state index in [1.54, 1.807) is 55.5 Å². The van der Waals surface area contributed by atoms with Crippen molar-refractivity contribution in [1.82, 2.24) is 10.2 Å². The van der Waals surface area contributed by atoms with Crippen molar-refractivity contribution in [3.8, 4) is 0 Å². The number of carbonyl (C=O) groups excluding carboxylic acids is 2. The number of carbonyl (C=O) groups is 2. The molecule has 0 saturated heterocycles. The Morgan fingerprint density at radius 3 is 2.26 bits per heavy atom. The minimum absolute atomic E-state index is 0.0241. The van der Waals surface area contributed by atoms with Gasteiger partial charge in [-0.25, -0.2) is 12.8 Å². The van der Waals surface area contributed by atoms with E-state index in [2.05, 4.69) is 5.32 Å². The average Bonchev–Trinajstić information content (AvgIpc) is 2.98. The van der Waals surface area contributed by atoms with Crippen LogP contribution in [0.2, 0.25) is 10.0 Å². The van der Waals surface area contributed by atoms with Crippen molar-refractivity contribution in [2.24, 2.45) is 0 Å². The normalized spacial score (nSPS) is 14.7. The molecule has 0 bridgehead atoms. The molecule has 1 saturated carbocycles. The summed E-state index contributed by atoms with van der Waals surface area (Å²) in [6, 6.07) is 16.6. The molecule has 1 N–H and O–H groups in total. The molecule has 0 heterocycles. The molecule has 0 unspecified atom stereocenters. The van der Waals surface area contributed by atoms with Crippen molar-refractivity contribution in [2.45, 2.75) is 69.0 Å². The smallest absolute Gasteiger partial charge is 0.264 e. The number of nitrogens with one attached hydrogen (secondary N) is 1. The van der Waals surface area contributed by atoms with E-state index in [9.17, 15) is 22.4 Å². The minimum atomic E-state index is -4.29. The third-order valence-electron chi connectivity index (χ3n) is 7.42. The van der Waals surface area contributed by atoms with Gasteiger partial charge in [-0.05, 0) is 73.4 Å². The van der Waals surface area contributed by atoms with Gasteiger partial charge in [0.2, 0.25) is 11.8 Å². The number of amides is 2. The van der Waals surface area contributed by atoms with Crippen molar-refractivity contribution in [3.05, 3.63) is 94.2 Å². The molecule has 0 aliphatic heterocycles. The molecule has 7 nitrogen and oxygen atoms in total. The third kappa shape index (κ3) is 7.82. The summed E-state index contributed by atoms with van der Waals surface area (Å²) in [6.07, 6.45) is 5.22. The molecule has 1 atom stereocenters. The Hall–Kier alpha value is -3.14. The van der Waals surface area contributed by atoms with Crippen LogP contribution < -0.4 is 9.62 Å². The SMILES string of the molecule is CC[C@H](C(=O)NC1CCCCC1)N(Cc1ccc(Cl)cc1Cl)C(=O)CN(c1ccccc1)S(=O)(=O)c1ccc(F)cc1. The quantitative estimate of drug-likeness (QED) is 0.258. The third-order valence-corrected chi connectivity index (χ3v) is 9.79. The highest BCUT2D eigenvalue weighted by Gasteiger charge is 2.34. The van der Waals surface area contributed by atoms with Crippen LogP contribution in [-0.2, 0) is 26.2 Å². The van der Waals surface area contributed by atoms with Crippen LogP contribution in [0.25, 0.3) is 0 Å². The Kier molecular flexibility index (Phi) is 10.9. The first-order valence-electron chi connectivity index (χ1n) is 14.0. The second-order valence-corrected chi connectivity index (χ2v) is 13.0. The topological polar surface area (TPSA) is 86.8 Å². The zero-order valence-electron chi connectivity index (χ0n) is 23.3. The van der Waals surface area contributed by atoms with Gasteiger partial charge in [0, 0.05) is 22.6 Å². The van der Waals surface area contributed by atoms with Gasteiger partial charge in [-0.1, -0.05) is 73.7 Å². The zero-order chi connectivity index (χ0) is 30.3. The number of rotatable bonds is 11. The molecular formula is C31H34Cl2FN3O4S. The molecule has 3 aromatic rings. The zero-order valence-corrected chi connectivity index (χ0v) is 25.6. The van der Waals surface area contributed by atoms with Crippen LogP contribution in [0.5, 0.6) is 0 Å². The molecule has 11 heteroatoms. The first kappa shape index (κ1) is 31.8. The van der Waals surface area contributed by atoms with Crippen molar-refractivity contribution < 1.29 is 22.4 Å². The van der Waals surface area contributed by atoms with Crippen LogP contribution in [0.4, 0.5) is 10.1 Å².